The quantitative estimate of drug-likeness (QED) is 0.209. The van der Waals surface area contributed by atoms with Gasteiger partial charge >= 0.3 is 17.9 Å². The van der Waals surface area contributed by atoms with Crippen LogP contribution < -0.4 is 16.2 Å². The Balaban J connectivity index is 2.45. The van der Waals surface area contributed by atoms with Crippen LogP contribution in [0.5, 0.6) is 0 Å². The van der Waals surface area contributed by atoms with Crippen molar-refractivity contribution in [1.82, 2.24) is 9.55 Å². The third-order valence-electron chi connectivity index (χ3n) is 4.80. The van der Waals surface area contributed by atoms with Gasteiger partial charge < -0.3 is 29.6 Å². The molecule has 4 atom stereocenters. The average molecular weight is 483 g/mol. The minimum atomic E-state index is -1.32. The van der Waals surface area contributed by atoms with Crippen LogP contribution in [0.1, 0.15) is 40.5 Å². The fourth-order valence-electron chi connectivity index (χ4n) is 3.31. The van der Waals surface area contributed by atoms with Crippen LogP contribution in [0.4, 0.5) is 17.5 Å². The third-order valence-corrected chi connectivity index (χ3v) is 4.80. The van der Waals surface area contributed by atoms with Crippen molar-refractivity contribution < 1.29 is 33.3 Å². The normalized spacial score (nSPS) is 21.8. The number of nitrogens with zero attached hydrogens (tertiary/aromatic N) is 3. The van der Waals surface area contributed by atoms with E-state index in [1.807, 2.05) is 6.92 Å². The lowest BCUT2D eigenvalue weighted by Gasteiger charge is -2.40. The molecule has 1 aromatic heterocycles. The van der Waals surface area contributed by atoms with Crippen molar-refractivity contribution in [2.45, 2.75) is 65.1 Å². The van der Waals surface area contributed by atoms with Gasteiger partial charge in [-0.25, -0.2) is 0 Å². The summed E-state index contributed by atoms with van der Waals surface area (Å²) in [7, 11) is 1.43. The maximum Gasteiger partial charge on any atom is 0.303 e. The van der Waals surface area contributed by atoms with Crippen LogP contribution in [-0.2, 0) is 40.4 Å². The first kappa shape index (κ1) is 26.7. The van der Waals surface area contributed by atoms with Crippen LogP contribution in [0.3, 0.4) is 0 Å². The first-order valence-corrected chi connectivity index (χ1v) is 10.7. The topological polar surface area (TPSA) is 177 Å². The Hall–Kier alpha value is -3.55. The van der Waals surface area contributed by atoms with Crippen molar-refractivity contribution in [3.63, 3.8) is 0 Å². The van der Waals surface area contributed by atoms with E-state index in [2.05, 4.69) is 20.8 Å². The number of nitroso groups, excluding NO2 is 1. The summed E-state index contributed by atoms with van der Waals surface area (Å²) in [5.41, 5.74) is -1.25. The Bertz CT molecular complexity index is 980. The summed E-state index contributed by atoms with van der Waals surface area (Å²) < 4.78 is 22.5. The fraction of sp³-hybridized carbons (Fsp3) is 0.650. The van der Waals surface area contributed by atoms with Crippen molar-refractivity contribution in [2.24, 2.45) is 12.2 Å². The molecule has 2 rings (SSSR count). The van der Waals surface area contributed by atoms with E-state index >= 15 is 0 Å². The summed E-state index contributed by atoms with van der Waals surface area (Å²) >= 11 is 0. The molecule has 1 fully saturated rings. The number of unbranched alkanes of at least 4 members (excludes halogenated alkanes) is 1. The SMILES string of the molecule is CCCCNc1nc(N[C@H]2OC[C@@H](OC(C)=O)[C@@H](OC(C)=O)[C@@H]2OC(C)=O)c(N=O)c(=O)n1C. The van der Waals surface area contributed by atoms with Gasteiger partial charge in [0, 0.05) is 34.4 Å². The zero-order valence-corrected chi connectivity index (χ0v) is 19.7. The molecule has 1 aromatic rings. The third kappa shape index (κ3) is 6.73. The zero-order chi connectivity index (χ0) is 25.4. The average Bonchev–Trinajstić information content (AvgIpc) is 2.75. The minimum Gasteiger partial charge on any atom is -0.456 e. The Morgan fingerprint density at radius 3 is 2.29 bits per heavy atom. The number of anilines is 2. The maximum absolute atomic E-state index is 12.7. The molecule has 1 aliphatic rings. The number of rotatable bonds is 10. The number of nitrogens with one attached hydrogen (secondary N) is 2. The van der Waals surface area contributed by atoms with E-state index in [9.17, 15) is 24.1 Å². The monoisotopic (exact) mass is 483 g/mol. The number of carbonyl (C=O) groups is 3. The maximum atomic E-state index is 12.7. The van der Waals surface area contributed by atoms with Crippen LogP contribution in [0.2, 0.25) is 0 Å². The number of hydrogen-bond acceptors (Lipinski definition) is 13. The van der Waals surface area contributed by atoms with E-state index in [-0.39, 0.29) is 18.4 Å². The fourth-order valence-corrected chi connectivity index (χ4v) is 3.31. The van der Waals surface area contributed by atoms with Crippen molar-refractivity contribution in [3.05, 3.63) is 15.3 Å². The van der Waals surface area contributed by atoms with Crippen molar-refractivity contribution >= 4 is 35.4 Å². The first-order chi connectivity index (χ1) is 16.1. The molecule has 14 heteroatoms. The highest BCUT2D eigenvalue weighted by Crippen LogP contribution is 2.28. The molecule has 0 spiro atoms. The van der Waals surface area contributed by atoms with Crippen LogP contribution in [0.25, 0.3) is 0 Å². The molecule has 0 aromatic carbocycles. The van der Waals surface area contributed by atoms with E-state index in [0.29, 0.717) is 6.54 Å². The molecule has 1 aliphatic heterocycles. The molecule has 34 heavy (non-hydrogen) atoms. The molecule has 2 N–H and O–H groups in total. The zero-order valence-electron chi connectivity index (χ0n) is 19.7. The number of carbonyl (C=O) groups excluding carboxylic acids is 3. The predicted molar refractivity (Wildman–Crippen MR) is 118 cm³/mol. The molecular formula is C20H29N5O9. The van der Waals surface area contributed by atoms with Gasteiger partial charge in [-0.3, -0.25) is 23.7 Å². The molecular weight excluding hydrogens is 454 g/mol. The Labute approximate surface area is 195 Å². The highest BCUT2D eigenvalue weighted by molar-refractivity contribution is 5.69. The van der Waals surface area contributed by atoms with Crippen LogP contribution in [0, 0.1) is 4.91 Å². The van der Waals surface area contributed by atoms with Gasteiger partial charge in [0.05, 0.1) is 6.61 Å². The van der Waals surface area contributed by atoms with Gasteiger partial charge in [-0.05, 0) is 11.6 Å². The molecule has 188 valence electrons. The lowest BCUT2D eigenvalue weighted by molar-refractivity contribution is -0.221. The molecule has 2 heterocycles. The van der Waals surface area contributed by atoms with E-state index in [1.165, 1.54) is 7.05 Å². The molecule has 0 amide bonds. The second kappa shape index (κ2) is 12.1. The number of aromatic nitrogens is 2. The largest absolute Gasteiger partial charge is 0.456 e. The van der Waals surface area contributed by atoms with Crippen molar-refractivity contribution in [1.29, 1.82) is 0 Å². The highest BCUT2D eigenvalue weighted by Gasteiger charge is 2.47. The van der Waals surface area contributed by atoms with Gasteiger partial charge in [-0.1, -0.05) is 13.3 Å². The van der Waals surface area contributed by atoms with E-state index < -0.39 is 53.7 Å². The number of hydrogen-bond donors (Lipinski definition) is 2. The predicted octanol–water partition coefficient (Wildman–Crippen LogP) is 0.953. The van der Waals surface area contributed by atoms with Gasteiger partial charge in [0.2, 0.25) is 11.6 Å². The lowest BCUT2D eigenvalue weighted by Crippen LogP contribution is -2.59. The van der Waals surface area contributed by atoms with E-state index in [0.717, 1.165) is 38.2 Å². The molecule has 0 radical (unpaired) electrons. The van der Waals surface area contributed by atoms with E-state index in [1.54, 1.807) is 0 Å². The molecule has 0 unspecified atom stereocenters. The number of esters is 3. The Morgan fingerprint density at radius 1 is 1.12 bits per heavy atom. The van der Waals surface area contributed by atoms with Gasteiger partial charge in [-0.2, -0.15) is 4.98 Å². The van der Waals surface area contributed by atoms with E-state index in [4.69, 9.17) is 18.9 Å². The molecule has 1 saturated heterocycles. The lowest BCUT2D eigenvalue weighted by atomic mass is 10.0. The smallest absolute Gasteiger partial charge is 0.303 e. The second-order valence-electron chi connectivity index (χ2n) is 7.56. The standard InChI is InChI=1S/C20H29N5O9/c1-6-7-8-21-20-23-17(14(24-30)19(29)25(20)5)22-18-16(34-12(4)28)15(33-11(3)27)13(9-31-18)32-10(2)26/h13,15-16,18,22H,6-9H2,1-5H3,(H,21,23)/t13-,15-,16+,18+/m1/s1. The first-order valence-electron chi connectivity index (χ1n) is 10.7. The molecule has 0 bridgehead atoms. The van der Waals surface area contributed by atoms with Gasteiger partial charge in [0.1, 0.15) is 0 Å². The summed E-state index contributed by atoms with van der Waals surface area (Å²) in [6.07, 6.45) is -3.15. The summed E-state index contributed by atoms with van der Waals surface area (Å²) in [5.74, 6) is -2.19. The summed E-state index contributed by atoms with van der Waals surface area (Å²) in [4.78, 5) is 63.4. The van der Waals surface area contributed by atoms with Gasteiger partial charge in [-0.15, -0.1) is 4.91 Å². The summed E-state index contributed by atoms with van der Waals surface area (Å²) in [6, 6.07) is 0. The number of ether oxygens (including phenoxy) is 4. The van der Waals surface area contributed by atoms with Crippen molar-refractivity contribution in [2.75, 3.05) is 23.8 Å². The Morgan fingerprint density at radius 2 is 1.74 bits per heavy atom. The highest BCUT2D eigenvalue weighted by atomic mass is 16.6. The molecule has 14 nitrogen and oxygen atoms in total. The van der Waals surface area contributed by atoms with Gasteiger partial charge in [0.25, 0.3) is 5.56 Å². The Kier molecular flexibility index (Phi) is 9.47. The minimum absolute atomic E-state index is 0.169. The van der Waals surface area contributed by atoms with Gasteiger partial charge in [0.15, 0.2) is 30.4 Å². The summed E-state index contributed by atoms with van der Waals surface area (Å²) in [5, 5.41) is 8.54. The van der Waals surface area contributed by atoms with Crippen LogP contribution in [0.15, 0.2) is 9.97 Å². The van der Waals surface area contributed by atoms with Crippen molar-refractivity contribution in [3.8, 4) is 0 Å². The van der Waals surface area contributed by atoms with Crippen LogP contribution in [-0.4, -0.2) is 65.2 Å². The second-order valence-corrected chi connectivity index (χ2v) is 7.56. The molecule has 0 aliphatic carbocycles. The molecule has 0 saturated carbocycles. The van der Waals surface area contributed by atoms with Crippen LogP contribution >= 0.6 is 0 Å². The summed E-state index contributed by atoms with van der Waals surface area (Å²) in [6.45, 7) is 5.70.